The first kappa shape index (κ1) is 14.9. The molecule has 0 bridgehead atoms. The van der Waals surface area contributed by atoms with E-state index in [-0.39, 0.29) is 4.90 Å². The number of sulfonamides is 1. The van der Waals surface area contributed by atoms with E-state index < -0.39 is 10.0 Å². The smallest absolute Gasteiger partial charge is 0.265 e. The summed E-state index contributed by atoms with van der Waals surface area (Å²) in [7, 11) is -3.66. The normalized spacial score (nSPS) is 11.5. The van der Waals surface area contributed by atoms with E-state index in [0.717, 1.165) is 6.42 Å². The number of rotatable bonds is 6. The second kappa shape index (κ2) is 6.33. The van der Waals surface area contributed by atoms with Crippen LogP contribution in [0.3, 0.4) is 0 Å². The van der Waals surface area contributed by atoms with Crippen molar-refractivity contribution in [3.05, 3.63) is 35.3 Å². The van der Waals surface area contributed by atoms with Crippen molar-refractivity contribution in [2.24, 2.45) is 5.73 Å². The van der Waals surface area contributed by atoms with Gasteiger partial charge in [0.2, 0.25) is 0 Å². The molecule has 0 atom stereocenters. The molecule has 0 radical (unpaired) electrons. The number of nitrogens with zero attached hydrogens (tertiary/aromatic N) is 3. The minimum Gasteiger partial charge on any atom is -0.330 e. The fourth-order valence-corrected chi connectivity index (χ4v) is 3.03. The van der Waals surface area contributed by atoms with Crippen LogP contribution >= 0.6 is 15.9 Å². The van der Waals surface area contributed by atoms with E-state index in [1.165, 1.54) is 24.8 Å². The maximum Gasteiger partial charge on any atom is 0.265 e. The highest BCUT2D eigenvalue weighted by molar-refractivity contribution is 9.10. The first-order valence-corrected chi connectivity index (χ1v) is 8.15. The quantitative estimate of drug-likeness (QED) is 0.806. The lowest BCUT2D eigenvalue weighted by Gasteiger charge is -2.07. The molecule has 0 saturated carbocycles. The monoisotopic (exact) mass is 359 g/mol. The van der Waals surface area contributed by atoms with Gasteiger partial charge in [-0.3, -0.25) is 14.4 Å². The Morgan fingerprint density at radius 2 is 2.20 bits per heavy atom. The zero-order valence-electron chi connectivity index (χ0n) is 10.5. The molecule has 7 nitrogen and oxygen atoms in total. The van der Waals surface area contributed by atoms with Gasteiger partial charge in [0.25, 0.3) is 10.0 Å². The first-order chi connectivity index (χ1) is 9.53. The molecule has 0 unspecified atom stereocenters. The topological polar surface area (TPSA) is 103 Å². The fraction of sp³-hybridized carbons (Fsp3) is 0.273. The van der Waals surface area contributed by atoms with E-state index in [2.05, 4.69) is 30.7 Å². The first-order valence-electron chi connectivity index (χ1n) is 5.88. The fourth-order valence-electron chi connectivity index (χ4n) is 1.52. The van der Waals surface area contributed by atoms with Crippen LogP contribution in [0.4, 0.5) is 5.69 Å². The van der Waals surface area contributed by atoms with Crippen LogP contribution in [0.5, 0.6) is 0 Å². The van der Waals surface area contributed by atoms with Crippen LogP contribution in [0.1, 0.15) is 6.42 Å². The summed E-state index contributed by atoms with van der Waals surface area (Å²) in [5.41, 5.74) is 5.83. The van der Waals surface area contributed by atoms with Gasteiger partial charge in [-0.05, 0) is 35.0 Å². The van der Waals surface area contributed by atoms with Crippen LogP contribution in [-0.4, -0.2) is 29.7 Å². The molecule has 0 fully saturated rings. The van der Waals surface area contributed by atoms with Gasteiger partial charge in [-0.15, -0.1) is 0 Å². The van der Waals surface area contributed by atoms with Gasteiger partial charge in [0.1, 0.15) is 4.90 Å². The van der Waals surface area contributed by atoms with Gasteiger partial charge in [-0.2, -0.15) is 5.10 Å². The molecule has 0 aliphatic heterocycles. The molecular formula is C11H14BrN5O2S. The zero-order valence-corrected chi connectivity index (χ0v) is 12.9. The lowest BCUT2D eigenvalue weighted by atomic mass is 10.4. The molecule has 0 aliphatic rings. The van der Waals surface area contributed by atoms with E-state index in [4.69, 9.17) is 5.73 Å². The van der Waals surface area contributed by atoms with Crippen molar-refractivity contribution < 1.29 is 8.42 Å². The van der Waals surface area contributed by atoms with Gasteiger partial charge >= 0.3 is 0 Å². The van der Waals surface area contributed by atoms with E-state index in [9.17, 15) is 8.42 Å². The van der Waals surface area contributed by atoms with Gasteiger partial charge < -0.3 is 5.73 Å². The Hall–Kier alpha value is -1.45. The van der Waals surface area contributed by atoms with Crippen molar-refractivity contribution in [1.29, 1.82) is 0 Å². The summed E-state index contributed by atoms with van der Waals surface area (Å²) >= 11 is 3.24. The predicted molar refractivity (Wildman–Crippen MR) is 78.6 cm³/mol. The summed E-state index contributed by atoms with van der Waals surface area (Å²) in [6.07, 6.45) is 6.56. The molecular weight excluding hydrogens is 346 g/mol. The molecule has 2 heterocycles. The summed E-state index contributed by atoms with van der Waals surface area (Å²) in [4.78, 5) is 3.99. The van der Waals surface area contributed by atoms with Crippen molar-refractivity contribution in [3.63, 3.8) is 0 Å². The Morgan fingerprint density at radius 3 is 2.90 bits per heavy atom. The highest BCUT2D eigenvalue weighted by Crippen LogP contribution is 2.23. The van der Waals surface area contributed by atoms with Crippen LogP contribution in [0.25, 0.3) is 0 Å². The summed E-state index contributed by atoms with van der Waals surface area (Å²) in [5, 5.41) is 4.00. The zero-order chi connectivity index (χ0) is 14.6. The summed E-state index contributed by atoms with van der Waals surface area (Å²) in [6, 6.07) is 1.57. The number of halogens is 1. The van der Waals surface area contributed by atoms with Gasteiger partial charge in [0, 0.05) is 25.1 Å². The number of aryl methyl sites for hydroxylation is 1. The molecule has 0 aromatic carbocycles. The number of aromatic nitrogens is 3. The van der Waals surface area contributed by atoms with Gasteiger partial charge in [-0.25, -0.2) is 8.42 Å². The number of hydrogen-bond donors (Lipinski definition) is 2. The van der Waals surface area contributed by atoms with Gasteiger partial charge in [-0.1, -0.05) is 0 Å². The third-order valence-corrected chi connectivity index (χ3v) is 4.48. The largest absolute Gasteiger partial charge is 0.330 e. The van der Waals surface area contributed by atoms with E-state index in [1.54, 1.807) is 10.7 Å². The standard InChI is InChI=1S/C11H14BrN5O2S/c12-10-7-14-4-2-11(10)16-20(18,19)9-6-15-17(8-9)5-1-3-13/h2,4,6-8H,1,3,5,13H2,(H,14,16). The Labute approximate surface area is 125 Å². The van der Waals surface area contributed by atoms with Crippen molar-refractivity contribution in [2.45, 2.75) is 17.9 Å². The van der Waals surface area contributed by atoms with Crippen molar-refractivity contribution in [2.75, 3.05) is 11.3 Å². The number of pyridine rings is 1. The maximum atomic E-state index is 12.2. The molecule has 2 aromatic rings. The Kier molecular flexibility index (Phi) is 4.73. The second-order valence-corrected chi connectivity index (χ2v) is 6.58. The van der Waals surface area contributed by atoms with Crippen molar-refractivity contribution in [3.8, 4) is 0 Å². The van der Waals surface area contributed by atoms with Gasteiger partial charge in [0.05, 0.1) is 16.4 Å². The van der Waals surface area contributed by atoms with Gasteiger partial charge in [0.15, 0.2) is 0 Å². The minimum atomic E-state index is -3.66. The highest BCUT2D eigenvalue weighted by atomic mass is 79.9. The van der Waals surface area contributed by atoms with E-state index in [1.807, 2.05) is 0 Å². The van der Waals surface area contributed by atoms with E-state index >= 15 is 0 Å². The predicted octanol–water partition coefficient (Wildman–Crippen LogP) is 1.19. The Morgan fingerprint density at radius 1 is 1.40 bits per heavy atom. The van der Waals surface area contributed by atoms with Crippen LogP contribution in [0.15, 0.2) is 40.2 Å². The molecule has 3 N–H and O–H groups in total. The third kappa shape index (κ3) is 3.56. The number of anilines is 1. The van der Waals surface area contributed by atoms with E-state index in [0.29, 0.717) is 23.2 Å². The molecule has 0 aliphatic carbocycles. The van der Waals surface area contributed by atoms with Crippen LogP contribution < -0.4 is 10.5 Å². The molecule has 0 spiro atoms. The number of nitrogens with two attached hydrogens (primary N) is 1. The van der Waals surface area contributed by atoms with Crippen LogP contribution in [0, 0.1) is 0 Å². The summed E-state index contributed by atoms with van der Waals surface area (Å²) in [5.74, 6) is 0. The number of hydrogen-bond acceptors (Lipinski definition) is 5. The third-order valence-electron chi connectivity index (χ3n) is 2.53. The summed E-state index contributed by atoms with van der Waals surface area (Å²) in [6.45, 7) is 1.12. The molecule has 2 rings (SSSR count). The summed E-state index contributed by atoms with van der Waals surface area (Å²) < 4.78 is 29.0. The number of nitrogens with one attached hydrogen (secondary N) is 1. The Balaban J connectivity index is 2.18. The van der Waals surface area contributed by atoms with Crippen LogP contribution in [0.2, 0.25) is 0 Å². The highest BCUT2D eigenvalue weighted by Gasteiger charge is 2.17. The average molecular weight is 360 g/mol. The minimum absolute atomic E-state index is 0.109. The average Bonchev–Trinajstić information content (AvgIpc) is 2.88. The van der Waals surface area contributed by atoms with Crippen molar-refractivity contribution in [1.82, 2.24) is 14.8 Å². The SMILES string of the molecule is NCCCn1cc(S(=O)(=O)Nc2ccncc2Br)cn1. The molecule has 9 heteroatoms. The lowest BCUT2D eigenvalue weighted by Crippen LogP contribution is -2.13. The second-order valence-electron chi connectivity index (χ2n) is 4.04. The van der Waals surface area contributed by atoms with Crippen LogP contribution in [-0.2, 0) is 16.6 Å². The molecule has 108 valence electrons. The van der Waals surface area contributed by atoms with Crippen molar-refractivity contribution >= 4 is 31.6 Å². The molecule has 0 amide bonds. The maximum absolute atomic E-state index is 12.2. The Bertz CT molecular complexity index is 686. The lowest BCUT2D eigenvalue weighted by molar-refractivity contribution is 0.582. The molecule has 20 heavy (non-hydrogen) atoms. The molecule has 2 aromatic heterocycles. The molecule has 0 saturated heterocycles.